The number of carbonyl (C=O) groups excluding carboxylic acids is 1. The van der Waals surface area contributed by atoms with E-state index in [1.165, 1.54) is 6.26 Å². The van der Waals surface area contributed by atoms with Crippen molar-refractivity contribution in [3.63, 3.8) is 0 Å². The van der Waals surface area contributed by atoms with Crippen LogP contribution in [0.25, 0.3) is 0 Å². The van der Waals surface area contributed by atoms with Gasteiger partial charge in [-0.05, 0) is 36.4 Å². The molecule has 1 aliphatic heterocycles. The second-order valence-corrected chi connectivity index (χ2v) is 7.57. The monoisotopic (exact) mass is 437 g/mol. The van der Waals surface area contributed by atoms with Gasteiger partial charge in [0.25, 0.3) is 0 Å². The van der Waals surface area contributed by atoms with Gasteiger partial charge in [-0.1, -0.05) is 17.7 Å². The molecule has 4 rings (SSSR count). The molecule has 2 aromatic heterocycles. The Morgan fingerprint density at radius 3 is 2.84 bits per heavy atom. The maximum absolute atomic E-state index is 12.6. The van der Waals surface area contributed by atoms with Crippen LogP contribution in [0.1, 0.15) is 34.5 Å². The Hall–Kier alpha value is -3.50. The number of halogens is 1. The molecule has 158 valence electrons. The van der Waals surface area contributed by atoms with E-state index in [9.17, 15) is 4.79 Å². The van der Waals surface area contributed by atoms with Gasteiger partial charge in [-0.15, -0.1) is 0 Å². The molecule has 0 bridgehead atoms. The van der Waals surface area contributed by atoms with E-state index >= 15 is 0 Å². The van der Waals surface area contributed by atoms with Gasteiger partial charge >= 0.3 is 5.97 Å². The number of aromatic nitrogens is 1. The number of piperidine rings is 1. The van der Waals surface area contributed by atoms with E-state index in [0.717, 1.165) is 18.9 Å². The standard InChI is InChI=1S/C23H20ClN3O4/c24-18-4-5-21(26-14-18)27-9-6-19(7-10-27)31-23(28)22-17(8-11-29-22)15-30-20-3-1-2-16(12-20)13-25/h1-5,8,11-12,14,19H,6-7,9-10,15H2. The van der Waals surface area contributed by atoms with Gasteiger partial charge in [-0.2, -0.15) is 5.26 Å². The lowest BCUT2D eigenvalue weighted by Gasteiger charge is -2.32. The van der Waals surface area contributed by atoms with Crippen molar-refractivity contribution >= 4 is 23.4 Å². The van der Waals surface area contributed by atoms with Crippen LogP contribution in [0.3, 0.4) is 0 Å². The first kappa shape index (κ1) is 20.8. The molecule has 3 heterocycles. The molecule has 8 heteroatoms. The highest BCUT2D eigenvalue weighted by Crippen LogP contribution is 2.23. The fourth-order valence-corrected chi connectivity index (χ4v) is 3.52. The minimum Gasteiger partial charge on any atom is -0.489 e. The van der Waals surface area contributed by atoms with E-state index < -0.39 is 5.97 Å². The molecule has 31 heavy (non-hydrogen) atoms. The predicted molar refractivity (Wildman–Crippen MR) is 114 cm³/mol. The summed E-state index contributed by atoms with van der Waals surface area (Å²) >= 11 is 5.89. The van der Waals surface area contributed by atoms with Gasteiger partial charge in [0.1, 0.15) is 24.3 Å². The summed E-state index contributed by atoms with van der Waals surface area (Å²) in [6, 6.07) is 14.3. The number of anilines is 1. The molecule has 1 saturated heterocycles. The number of furan rings is 1. The van der Waals surface area contributed by atoms with E-state index in [4.69, 9.17) is 30.8 Å². The summed E-state index contributed by atoms with van der Waals surface area (Å²) in [5.41, 5.74) is 1.10. The molecule has 0 amide bonds. The van der Waals surface area contributed by atoms with Gasteiger partial charge in [0.05, 0.1) is 22.9 Å². The average molecular weight is 438 g/mol. The van der Waals surface area contributed by atoms with E-state index in [2.05, 4.69) is 16.0 Å². The van der Waals surface area contributed by atoms with E-state index in [1.54, 1.807) is 36.5 Å². The minimum absolute atomic E-state index is 0.135. The van der Waals surface area contributed by atoms with Crippen molar-refractivity contribution < 1.29 is 18.7 Å². The van der Waals surface area contributed by atoms with Crippen LogP contribution >= 0.6 is 11.6 Å². The zero-order chi connectivity index (χ0) is 21.6. The lowest BCUT2D eigenvalue weighted by Crippen LogP contribution is -2.38. The van der Waals surface area contributed by atoms with Crippen LogP contribution in [-0.2, 0) is 11.3 Å². The Morgan fingerprint density at radius 2 is 2.10 bits per heavy atom. The van der Waals surface area contributed by atoms with E-state index in [1.807, 2.05) is 12.1 Å². The third-order valence-electron chi connectivity index (χ3n) is 5.04. The van der Waals surface area contributed by atoms with Crippen LogP contribution in [-0.4, -0.2) is 30.1 Å². The van der Waals surface area contributed by atoms with Crippen molar-refractivity contribution in [2.75, 3.05) is 18.0 Å². The van der Waals surface area contributed by atoms with Crippen LogP contribution in [0.15, 0.2) is 59.3 Å². The first-order chi connectivity index (χ1) is 15.1. The Kier molecular flexibility index (Phi) is 6.39. The number of carbonyl (C=O) groups is 1. The zero-order valence-corrected chi connectivity index (χ0v) is 17.4. The summed E-state index contributed by atoms with van der Waals surface area (Å²) in [7, 11) is 0. The smallest absolute Gasteiger partial charge is 0.374 e. The Bertz CT molecular complexity index is 1080. The number of nitriles is 1. The molecular formula is C23H20ClN3O4. The summed E-state index contributed by atoms with van der Waals surface area (Å²) < 4.78 is 16.7. The number of rotatable bonds is 6. The highest BCUT2D eigenvalue weighted by molar-refractivity contribution is 6.30. The van der Waals surface area contributed by atoms with Gasteiger partial charge in [0, 0.05) is 37.7 Å². The highest BCUT2D eigenvalue weighted by atomic mass is 35.5. The molecule has 1 aromatic carbocycles. The Labute approximate surface area is 184 Å². The number of pyridine rings is 1. The fraction of sp³-hybridized carbons (Fsp3) is 0.261. The van der Waals surface area contributed by atoms with Crippen molar-refractivity contribution in [3.05, 3.63) is 76.8 Å². The molecule has 0 radical (unpaired) electrons. The van der Waals surface area contributed by atoms with Crippen LogP contribution in [0.5, 0.6) is 5.75 Å². The minimum atomic E-state index is -0.502. The van der Waals surface area contributed by atoms with E-state index in [-0.39, 0.29) is 18.5 Å². The maximum atomic E-state index is 12.6. The molecule has 1 aliphatic rings. The molecule has 0 aliphatic carbocycles. The maximum Gasteiger partial charge on any atom is 0.374 e. The Balaban J connectivity index is 1.31. The highest BCUT2D eigenvalue weighted by Gasteiger charge is 2.26. The first-order valence-corrected chi connectivity index (χ1v) is 10.3. The van der Waals surface area contributed by atoms with Gasteiger partial charge in [0.15, 0.2) is 0 Å². The van der Waals surface area contributed by atoms with Crippen LogP contribution in [0.2, 0.25) is 5.02 Å². The van der Waals surface area contributed by atoms with Crippen molar-refractivity contribution in [2.45, 2.75) is 25.6 Å². The normalized spacial score (nSPS) is 14.1. The van der Waals surface area contributed by atoms with Crippen molar-refractivity contribution in [2.24, 2.45) is 0 Å². The van der Waals surface area contributed by atoms with E-state index in [0.29, 0.717) is 34.7 Å². The van der Waals surface area contributed by atoms with Gasteiger partial charge < -0.3 is 18.8 Å². The lowest BCUT2D eigenvalue weighted by atomic mass is 10.1. The summed E-state index contributed by atoms with van der Waals surface area (Å²) in [4.78, 5) is 19.1. The summed E-state index contributed by atoms with van der Waals surface area (Å²) in [6.45, 7) is 1.60. The quantitative estimate of drug-likeness (QED) is 0.520. The second-order valence-electron chi connectivity index (χ2n) is 7.13. The van der Waals surface area contributed by atoms with Crippen molar-refractivity contribution in [3.8, 4) is 11.8 Å². The molecule has 7 nitrogen and oxygen atoms in total. The van der Waals surface area contributed by atoms with Gasteiger partial charge in [0.2, 0.25) is 5.76 Å². The molecule has 0 spiro atoms. The molecular weight excluding hydrogens is 418 g/mol. The average Bonchev–Trinajstić information content (AvgIpc) is 3.28. The molecule has 0 saturated carbocycles. The number of hydrogen-bond donors (Lipinski definition) is 0. The zero-order valence-electron chi connectivity index (χ0n) is 16.7. The number of ether oxygens (including phenoxy) is 2. The summed E-state index contributed by atoms with van der Waals surface area (Å²) in [6.07, 6.45) is 4.27. The van der Waals surface area contributed by atoms with Gasteiger partial charge in [-0.3, -0.25) is 0 Å². The number of benzene rings is 1. The molecule has 0 N–H and O–H groups in total. The number of esters is 1. The number of hydrogen-bond acceptors (Lipinski definition) is 7. The summed E-state index contributed by atoms with van der Waals surface area (Å²) in [5, 5.41) is 9.59. The molecule has 0 unspecified atom stereocenters. The third-order valence-corrected chi connectivity index (χ3v) is 5.26. The topological polar surface area (TPSA) is 88.6 Å². The van der Waals surface area contributed by atoms with Crippen LogP contribution in [0.4, 0.5) is 5.82 Å². The van der Waals surface area contributed by atoms with Crippen LogP contribution in [0, 0.1) is 11.3 Å². The first-order valence-electron chi connectivity index (χ1n) is 9.89. The fourth-order valence-electron chi connectivity index (χ4n) is 3.41. The second kappa shape index (κ2) is 9.54. The third kappa shape index (κ3) is 5.16. The Morgan fingerprint density at radius 1 is 1.26 bits per heavy atom. The lowest BCUT2D eigenvalue weighted by molar-refractivity contribution is 0.0206. The largest absolute Gasteiger partial charge is 0.489 e. The van der Waals surface area contributed by atoms with Crippen molar-refractivity contribution in [1.82, 2.24) is 4.98 Å². The molecule has 1 fully saturated rings. The predicted octanol–water partition coefficient (Wildman–Crippen LogP) is 4.60. The summed E-state index contributed by atoms with van der Waals surface area (Å²) in [5.74, 6) is 1.04. The SMILES string of the molecule is N#Cc1cccc(OCc2ccoc2C(=O)OC2CCN(c3ccc(Cl)cn3)CC2)c1. The van der Waals surface area contributed by atoms with Gasteiger partial charge in [-0.25, -0.2) is 9.78 Å². The van der Waals surface area contributed by atoms with Crippen LogP contribution < -0.4 is 9.64 Å². The number of nitrogens with zero attached hydrogens (tertiary/aromatic N) is 3. The molecule has 0 atom stereocenters. The molecule has 3 aromatic rings. The van der Waals surface area contributed by atoms with Crippen molar-refractivity contribution in [1.29, 1.82) is 5.26 Å².